The van der Waals surface area contributed by atoms with E-state index in [4.69, 9.17) is 0 Å². The van der Waals surface area contributed by atoms with Crippen LogP contribution in [0.15, 0.2) is 59.1 Å². The second-order valence-corrected chi connectivity index (χ2v) is 8.32. The number of nitrogens with one attached hydrogen (secondary N) is 1. The van der Waals surface area contributed by atoms with Crippen LogP contribution in [0, 0.1) is 0 Å². The average molecular weight is 420 g/mol. The summed E-state index contributed by atoms with van der Waals surface area (Å²) in [6, 6.07) is 16.6. The first-order chi connectivity index (χ1) is 12.1. The number of aliphatic hydroxyl groups is 2. The quantitative estimate of drug-likeness (QED) is 0.633. The highest BCUT2D eigenvalue weighted by molar-refractivity contribution is 9.10. The van der Waals surface area contributed by atoms with Gasteiger partial charge in [0.05, 0.1) is 18.1 Å². The lowest BCUT2D eigenvalue weighted by Crippen LogP contribution is -2.40. The van der Waals surface area contributed by atoms with Gasteiger partial charge in [0, 0.05) is 10.9 Å². The summed E-state index contributed by atoms with van der Waals surface area (Å²) in [5.41, 5.74) is -0.952. The first-order valence-electron chi connectivity index (χ1n) is 8.64. The van der Waals surface area contributed by atoms with Gasteiger partial charge in [0.2, 0.25) is 5.91 Å². The lowest BCUT2D eigenvalue weighted by molar-refractivity contribution is -0.130. The molecule has 2 aromatic carbocycles. The molecule has 2 atom stereocenters. The van der Waals surface area contributed by atoms with Crippen LogP contribution in [0.2, 0.25) is 0 Å². The molecule has 5 heteroatoms. The van der Waals surface area contributed by atoms with Crippen LogP contribution in [0.25, 0.3) is 0 Å². The summed E-state index contributed by atoms with van der Waals surface area (Å²) in [7, 11) is 0. The number of carbonyl (C=O) groups is 1. The molecule has 3 N–H and O–H groups in total. The van der Waals surface area contributed by atoms with E-state index >= 15 is 0 Å². The molecule has 140 valence electrons. The molecular weight excluding hydrogens is 394 g/mol. The van der Waals surface area contributed by atoms with Crippen molar-refractivity contribution in [1.29, 1.82) is 0 Å². The number of halogens is 1. The fraction of sp³-hybridized carbons (Fsp3) is 0.381. The smallest absolute Gasteiger partial charge is 0.223 e. The maximum Gasteiger partial charge on any atom is 0.223 e. The number of amides is 1. The summed E-state index contributed by atoms with van der Waals surface area (Å²) < 4.78 is 0.975. The van der Waals surface area contributed by atoms with Crippen molar-refractivity contribution in [3.63, 3.8) is 0 Å². The SMILES string of the molecule is C[C@H](NC(=O)CC(O)(CC(C)(C)O)c1ccccc1)c1ccc(Br)cc1. The highest BCUT2D eigenvalue weighted by atomic mass is 79.9. The van der Waals surface area contributed by atoms with Crippen LogP contribution < -0.4 is 5.32 Å². The van der Waals surface area contributed by atoms with Crippen molar-refractivity contribution >= 4 is 21.8 Å². The van der Waals surface area contributed by atoms with E-state index in [1.165, 1.54) is 0 Å². The Balaban J connectivity index is 2.14. The normalized spacial score (nSPS) is 15.2. The van der Waals surface area contributed by atoms with E-state index in [-0.39, 0.29) is 24.8 Å². The maximum atomic E-state index is 12.6. The van der Waals surface area contributed by atoms with Gasteiger partial charge in [-0.05, 0) is 44.0 Å². The van der Waals surface area contributed by atoms with Crippen molar-refractivity contribution in [2.75, 3.05) is 0 Å². The van der Waals surface area contributed by atoms with E-state index < -0.39 is 11.2 Å². The average Bonchev–Trinajstić information content (AvgIpc) is 2.54. The summed E-state index contributed by atoms with van der Waals surface area (Å²) in [6.07, 6.45) is -0.0635. The molecule has 2 aromatic rings. The van der Waals surface area contributed by atoms with Gasteiger partial charge >= 0.3 is 0 Å². The van der Waals surface area contributed by atoms with Crippen molar-refractivity contribution in [1.82, 2.24) is 5.32 Å². The van der Waals surface area contributed by atoms with E-state index in [1.54, 1.807) is 26.0 Å². The van der Waals surface area contributed by atoms with Gasteiger partial charge < -0.3 is 15.5 Å². The van der Waals surface area contributed by atoms with E-state index in [2.05, 4.69) is 21.2 Å². The highest BCUT2D eigenvalue weighted by Gasteiger charge is 2.37. The molecule has 0 fully saturated rings. The molecule has 0 heterocycles. The second-order valence-electron chi connectivity index (χ2n) is 7.40. The van der Waals surface area contributed by atoms with Gasteiger partial charge in [-0.1, -0.05) is 58.4 Å². The van der Waals surface area contributed by atoms with E-state index in [9.17, 15) is 15.0 Å². The number of rotatable bonds is 7. The Kier molecular flexibility index (Phi) is 6.61. The molecule has 0 bridgehead atoms. The monoisotopic (exact) mass is 419 g/mol. The molecule has 0 aliphatic carbocycles. The van der Waals surface area contributed by atoms with Gasteiger partial charge in [-0.25, -0.2) is 0 Å². The predicted molar refractivity (Wildman–Crippen MR) is 107 cm³/mol. The molecule has 4 nitrogen and oxygen atoms in total. The molecule has 0 aliphatic rings. The number of benzene rings is 2. The van der Waals surface area contributed by atoms with E-state index in [0.29, 0.717) is 5.56 Å². The Morgan fingerprint density at radius 1 is 1.08 bits per heavy atom. The molecule has 0 spiro atoms. The molecule has 1 amide bonds. The minimum atomic E-state index is -1.44. The lowest BCUT2D eigenvalue weighted by Gasteiger charge is -2.34. The summed E-state index contributed by atoms with van der Waals surface area (Å²) in [5.74, 6) is -0.268. The maximum absolute atomic E-state index is 12.6. The van der Waals surface area contributed by atoms with Crippen molar-refractivity contribution in [2.45, 2.75) is 50.9 Å². The van der Waals surface area contributed by atoms with Crippen LogP contribution in [0.5, 0.6) is 0 Å². The Morgan fingerprint density at radius 3 is 2.19 bits per heavy atom. The zero-order valence-electron chi connectivity index (χ0n) is 15.4. The topological polar surface area (TPSA) is 69.6 Å². The lowest BCUT2D eigenvalue weighted by atomic mass is 9.81. The van der Waals surface area contributed by atoms with Crippen molar-refractivity contribution in [2.24, 2.45) is 0 Å². The summed E-state index contributed by atoms with van der Waals surface area (Å²) in [5, 5.41) is 24.3. The summed E-state index contributed by atoms with van der Waals surface area (Å²) in [4.78, 5) is 12.6. The van der Waals surface area contributed by atoms with Gasteiger partial charge in [-0.2, -0.15) is 0 Å². The molecule has 26 heavy (non-hydrogen) atoms. The molecule has 0 aliphatic heterocycles. The second kappa shape index (κ2) is 8.33. The number of hydrogen-bond acceptors (Lipinski definition) is 3. The third-order valence-corrected chi connectivity index (χ3v) is 4.77. The molecule has 0 aromatic heterocycles. The largest absolute Gasteiger partial charge is 0.390 e. The van der Waals surface area contributed by atoms with Crippen LogP contribution in [-0.4, -0.2) is 21.7 Å². The summed E-state index contributed by atoms with van der Waals surface area (Å²) >= 11 is 3.39. The van der Waals surface area contributed by atoms with Crippen LogP contribution in [0.1, 0.15) is 50.8 Å². The fourth-order valence-corrected chi connectivity index (χ4v) is 3.39. The summed E-state index contributed by atoms with van der Waals surface area (Å²) in [6.45, 7) is 5.16. The molecule has 0 saturated heterocycles. The Labute approximate surface area is 163 Å². The molecule has 0 radical (unpaired) electrons. The molecule has 2 rings (SSSR count). The Bertz CT molecular complexity index is 725. The van der Waals surface area contributed by atoms with Crippen LogP contribution in [-0.2, 0) is 10.4 Å². The van der Waals surface area contributed by atoms with Crippen LogP contribution in [0.3, 0.4) is 0 Å². The highest BCUT2D eigenvalue weighted by Crippen LogP contribution is 2.34. The van der Waals surface area contributed by atoms with Crippen molar-refractivity contribution < 1.29 is 15.0 Å². The van der Waals surface area contributed by atoms with E-state index in [1.807, 2.05) is 49.4 Å². The van der Waals surface area contributed by atoms with Gasteiger partial charge in [0.15, 0.2) is 0 Å². The molecular formula is C21H26BrNO3. The van der Waals surface area contributed by atoms with Gasteiger partial charge in [-0.15, -0.1) is 0 Å². The van der Waals surface area contributed by atoms with E-state index in [0.717, 1.165) is 10.0 Å². The third kappa shape index (κ3) is 5.94. The third-order valence-electron chi connectivity index (χ3n) is 4.24. The minimum absolute atomic E-state index is 0.0596. The minimum Gasteiger partial charge on any atom is -0.390 e. The Hall–Kier alpha value is -1.69. The first-order valence-corrected chi connectivity index (χ1v) is 9.43. The van der Waals surface area contributed by atoms with Crippen LogP contribution >= 0.6 is 15.9 Å². The van der Waals surface area contributed by atoms with Gasteiger partial charge in [-0.3, -0.25) is 4.79 Å². The van der Waals surface area contributed by atoms with Crippen molar-refractivity contribution in [3.8, 4) is 0 Å². The van der Waals surface area contributed by atoms with Crippen molar-refractivity contribution in [3.05, 3.63) is 70.2 Å². The Morgan fingerprint density at radius 2 is 1.65 bits per heavy atom. The van der Waals surface area contributed by atoms with Gasteiger partial charge in [0.1, 0.15) is 5.60 Å². The first kappa shape index (κ1) is 20.6. The number of carbonyl (C=O) groups excluding carboxylic acids is 1. The van der Waals surface area contributed by atoms with Gasteiger partial charge in [0.25, 0.3) is 0 Å². The predicted octanol–water partition coefficient (Wildman–Crippen LogP) is 4.07. The number of hydrogen-bond donors (Lipinski definition) is 3. The standard InChI is InChI=1S/C21H26BrNO3/c1-15(16-9-11-18(22)12-10-16)23-19(24)13-21(26,14-20(2,3)25)17-7-5-4-6-8-17/h4-12,15,25-26H,13-14H2,1-3H3,(H,23,24)/t15-,21?/m0/s1. The molecule has 1 unspecified atom stereocenters. The zero-order valence-corrected chi connectivity index (χ0v) is 17.0. The molecule has 0 saturated carbocycles. The van der Waals surface area contributed by atoms with Crippen LogP contribution in [0.4, 0.5) is 0 Å². The zero-order chi connectivity index (χ0) is 19.4. The fourth-order valence-electron chi connectivity index (χ4n) is 3.12.